The van der Waals surface area contributed by atoms with Crippen molar-refractivity contribution in [2.24, 2.45) is 0 Å². The van der Waals surface area contributed by atoms with Crippen molar-refractivity contribution < 1.29 is 19.1 Å². The number of nitrogens with zero attached hydrogens (tertiary/aromatic N) is 2. The maximum absolute atomic E-state index is 13.5. The summed E-state index contributed by atoms with van der Waals surface area (Å²) in [4.78, 5) is 32.0. The Morgan fingerprint density at radius 1 is 1.15 bits per heavy atom. The molecular formula is C25H27ClN2O4S2. The highest BCUT2D eigenvalue weighted by Crippen LogP contribution is 2.34. The molecule has 180 valence electrons. The van der Waals surface area contributed by atoms with Crippen molar-refractivity contribution in [1.82, 2.24) is 9.80 Å². The lowest BCUT2D eigenvalue weighted by Crippen LogP contribution is -2.48. The first-order valence-electron chi connectivity index (χ1n) is 11.1. The Morgan fingerprint density at radius 3 is 2.71 bits per heavy atom. The van der Waals surface area contributed by atoms with Gasteiger partial charge in [0, 0.05) is 36.7 Å². The number of hydrogen-bond donors (Lipinski definition) is 0. The van der Waals surface area contributed by atoms with E-state index in [-0.39, 0.29) is 24.4 Å². The molecule has 4 rings (SSSR count). The second-order valence-corrected chi connectivity index (χ2v) is 10.4. The number of halogens is 1. The van der Waals surface area contributed by atoms with Crippen LogP contribution in [0.15, 0.2) is 53.2 Å². The Bertz CT molecular complexity index is 1080. The third kappa shape index (κ3) is 5.99. The second-order valence-electron chi connectivity index (χ2n) is 7.97. The van der Waals surface area contributed by atoms with Gasteiger partial charge in [-0.2, -0.15) is 0 Å². The van der Waals surface area contributed by atoms with Gasteiger partial charge in [0.25, 0.3) is 5.91 Å². The maximum atomic E-state index is 13.5. The lowest BCUT2D eigenvalue weighted by atomic mass is 10.0. The van der Waals surface area contributed by atoms with E-state index in [0.717, 1.165) is 12.0 Å². The number of carbonyl (C=O) groups excluding carboxylic acids is 2. The first kappa shape index (κ1) is 24.7. The van der Waals surface area contributed by atoms with E-state index in [1.165, 1.54) is 16.2 Å². The third-order valence-corrected chi connectivity index (χ3v) is 7.86. The molecule has 9 heteroatoms. The average molecular weight is 519 g/mol. The number of carbonyl (C=O) groups is 2. The fourth-order valence-electron chi connectivity index (χ4n) is 4.04. The van der Waals surface area contributed by atoms with Gasteiger partial charge in [0.15, 0.2) is 0 Å². The van der Waals surface area contributed by atoms with Crippen LogP contribution in [-0.4, -0.2) is 61.6 Å². The van der Waals surface area contributed by atoms with Crippen molar-refractivity contribution in [1.29, 1.82) is 0 Å². The molecule has 0 saturated carbocycles. The summed E-state index contributed by atoms with van der Waals surface area (Å²) in [6.45, 7) is 1.94. The summed E-state index contributed by atoms with van der Waals surface area (Å²) in [6.07, 6.45) is 1.47. The Balaban J connectivity index is 1.50. The second kappa shape index (κ2) is 11.8. The smallest absolute Gasteiger partial charge is 0.264 e. The molecule has 0 N–H and O–H groups in total. The number of thiophene rings is 2. The number of hydrogen-bond acceptors (Lipinski definition) is 6. The highest BCUT2D eigenvalue weighted by atomic mass is 35.5. The number of benzene rings is 1. The number of rotatable bonds is 10. The van der Waals surface area contributed by atoms with E-state index >= 15 is 0 Å². The zero-order valence-electron chi connectivity index (χ0n) is 18.9. The third-order valence-electron chi connectivity index (χ3n) is 5.76. The van der Waals surface area contributed by atoms with E-state index in [2.05, 4.69) is 11.4 Å². The summed E-state index contributed by atoms with van der Waals surface area (Å²) in [5, 5.41) is 4.58. The van der Waals surface area contributed by atoms with Crippen LogP contribution in [0.2, 0.25) is 5.02 Å². The molecule has 0 radical (unpaired) electrons. The normalized spacial score (nSPS) is 15.1. The molecule has 0 spiro atoms. The van der Waals surface area contributed by atoms with Crippen LogP contribution in [-0.2, 0) is 16.0 Å². The Hall–Kier alpha value is -2.39. The zero-order chi connectivity index (χ0) is 23.9. The Kier molecular flexibility index (Phi) is 8.61. The molecular weight excluding hydrogens is 492 g/mol. The van der Waals surface area contributed by atoms with E-state index in [4.69, 9.17) is 21.1 Å². The molecule has 0 aliphatic carbocycles. The highest BCUT2D eigenvalue weighted by molar-refractivity contribution is 7.12. The predicted octanol–water partition coefficient (Wildman–Crippen LogP) is 5.15. The van der Waals surface area contributed by atoms with Crippen LogP contribution in [0.5, 0.6) is 5.75 Å². The van der Waals surface area contributed by atoms with Crippen molar-refractivity contribution in [3.8, 4) is 5.75 Å². The van der Waals surface area contributed by atoms with Crippen LogP contribution < -0.4 is 4.74 Å². The van der Waals surface area contributed by atoms with E-state index in [1.54, 1.807) is 41.5 Å². The quantitative estimate of drug-likeness (QED) is 0.348. The van der Waals surface area contributed by atoms with E-state index in [9.17, 15) is 9.59 Å². The van der Waals surface area contributed by atoms with Crippen molar-refractivity contribution in [3.63, 3.8) is 0 Å². The van der Waals surface area contributed by atoms with Crippen LogP contribution >= 0.6 is 34.3 Å². The monoisotopic (exact) mass is 518 g/mol. The first-order valence-corrected chi connectivity index (χ1v) is 13.3. The molecule has 1 atom stereocenters. The largest absolute Gasteiger partial charge is 0.491 e. The van der Waals surface area contributed by atoms with Gasteiger partial charge in [-0.25, -0.2) is 0 Å². The lowest BCUT2D eigenvalue weighted by Gasteiger charge is -2.37. The van der Waals surface area contributed by atoms with Crippen LogP contribution in [0.25, 0.3) is 0 Å². The van der Waals surface area contributed by atoms with Gasteiger partial charge in [0.2, 0.25) is 5.91 Å². The minimum absolute atomic E-state index is 0.0252. The van der Waals surface area contributed by atoms with Gasteiger partial charge < -0.3 is 19.3 Å². The fourth-order valence-corrected chi connectivity index (χ4v) is 5.79. The summed E-state index contributed by atoms with van der Waals surface area (Å²) in [5.41, 5.74) is 1.12. The highest BCUT2D eigenvalue weighted by Gasteiger charge is 2.33. The van der Waals surface area contributed by atoms with Crippen molar-refractivity contribution in [2.75, 3.05) is 40.0 Å². The first-order chi connectivity index (χ1) is 16.6. The minimum atomic E-state index is -0.212. The van der Waals surface area contributed by atoms with E-state index in [0.29, 0.717) is 48.4 Å². The maximum Gasteiger partial charge on any atom is 0.264 e. The van der Waals surface area contributed by atoms with Gasteiger partial charge in [-0.1, -0.05) is 17.7 Å². The number of ether oxygens (including phenoxy) is 2. The molecule has 0 unspecified atom stereocenters. The summed E-state index contributed by atoms with van der Waals surface area (Å²) in [7, 11) is 1.63. The summed E-state index contributed by atoms with van der Waals surface area (Å²) < 4.78 is 11.2. The van der Waals surface area contributed by atoms with Crippen molar-refractivity contribution >= 4 is 46.1 Å². The molecule has 1 aliphatic rings. The topological polar surface area (TPSA) is 59.1 Å². The number of fused-ring (bicyclic) bond motifs is 1. The fraction of sp³-hybridized carbons (Fsp3) is 0.360. The average Bonchev–Trinajstić information content (AvgIpc) is 3.55. The molecule has 34 heavy (non-hydrogen) atoms. The molecule has 3 aromatic rings. The molecule has 3 heterocycles. The number of methoxy groups -OCH3 is 1. The van der Waals surface area contributed by atoms with Crippen LogP contribution in [0.1, 0.15) is 32.6 Å². The summed E-state index contributed by atoms with van der Waals surface area (Å²) in [5.74, 6) is 0.499. The molecule has 2 amide bonds. The Labute approximate surface area is 212 Å². The van der Waals surface area contributed by atoms with Gasteiger partial charge in [0.1, 0.15) is 18.9 Å². The van der Waals surface area contributed by atoms with Gasteiger partial charge in [0.05, 0.1) is 10.9 Å². The zero-order valence-corrected chi connectivity index (χ0v) is 21.3. The SMILES string of the molecule is COCCCN(CC(=O)N1CCc2sccc2[C@H]1COc1ccc(Cl)cc1)C(=O)c1cccs1. The molecule has 0 fully saturated rings. The van der Waals surface area contributed by atoms with Crippen LogP contribution in [0, 0.1) is 0 Å². The number of amides is 2. The van der Waals surface area contributed by atoms with Crippen molar-refractivity contribution in [3.05, 3.63) is 73.6 Å². The molecule has 0 saturated heterocycles. The summed E-state index contributed by atoms with van der Waals surface area (Å²) >= 11 is 9.08. The summed E-state index contributed by atoms with van der Waals surface area (Å²) in [6, 6.07) is 12.7. The van der Waals surface area contributed by atoms with Crippen LogP contribution in [0.4, 0.5) is 0 Å². The van der Waals surface area contributed by atoms with Crippen molar-refractivity contribution in [2.45, 2.75) is 18.9 Å². The predicted molar refractivity (Wildman–Crippen MR) is 136 cm³/mol. The van der Waals surface area contributed by atoms with E-state index < -0.39 is 0 Å². The van der Waals surface area contributed by atoms with Gasteiger partial charge in [-0.05, 0) is 65.6 Å². The van der Waals surface area contributed by atoms with Gasteiger partial charge in [-0.3, -0.25) is 9.59 Å². The lowest BCUT2D eigenvalue weighted by molar-refractivity contribution is -0.135. The molecule has 0 bridgehead atoms. The molecule has 1 aromatic carbocycles. The van der Waals surface area contributed by atoms with Gasteiger partial charge >= 0.3 is 0 Å². The Morgan fingerprint density at radius 2 is 1.97 bits per heavy atom. The standard InChI is InChI=1S/C25H27ClN2O4S2/c1-31-13-3-11-27(25(30)23-4-2-14-33-23)16-24(29)28-12-9-22-20(10-15-34-22)21(28)17-32-19-7-5-18(26)6-8-19/h2,4-8,10,14-15,21H,3,9,11-13,16-17H2,1H3/t21-/m1/s1. The van der Waals surface area contributed by atoms with Crippen LogP contribution in [0.3, 0.4) is 0 Å². The molecule has 1 aliphatic heterocycles. The molecule has 2 aromatic heterocycles. The van der Waals surface area contributed by atoms with E-state index in [1.807, 2.05) is 28.5 Å². The van der Waals surface area contributed by atoms with Gasteiger partial charge in [-0.15, -0.1) is 22.7 Å². The molecule has 6 nitrogen and oxygen atoms in total. The minimum Gasteiger partial charge on any atom is -0.491 e.